The van der Waals surface area contributed by atoms with E-state index >= 15 is 0 Å². The van der Waals surface area contributed by atoms with Crippen molar-refractivity contribution in [2.75, 3.05) is 13.2 Å². The predicted octanol–water partition coefficient (Wildman–Crippen LogP) is 1.28. The number of hydrogen-bond donors (Lipinski definition) is 1. The van der Waals surface area contributed by atoms with Crippen LogP contribution in [0.4, 0.5) is 0 Å². The number of nitrogens with zero attached hydrogens (tertiary/aromatic N) is 4. The summed E-state index contributed by atoms with van der Waals surface area (Å²) in [7, 11) is 0. The average Bonchev–Trinajstić information content (AvgIpc) is 2.87. The first-order chi connectivity index (χ1) is 8.58. The molecular weight excluding hydrogens is 230 g/mol. The van der Waals surface area contributed by atoms with Gasteiger partial charge in [0.05, 0.1) is 18.8 Å². The third-order valence-corrected chi connectivity index (χ3v) is 3.20. The van der Waals surface area contributed by atoms with Crippen LogP contribution in [0.3, 0.4) is 0 Å². The van der Waals surface area contributed by atoms with E-state index in [1.165, 1.54) is 0 Å². The first-order valence-corrected chi connectivity index (χ1v) is 6.13. The van der Waals surface area contributed by atoms with Crippen molar-refractivity contribution in [3.8, 4) is 11.5 Å². The van der Waals surface area contributed by atoms with Crippen molar-refractivity contribution in [3.05, 3.63) is 17.6 Å². The second-order valence-corrected chi connectivity index (χ2v) is 5.33. The molecule has 1 aliphatic heterocycles. The van der Waals surface area contributed by atoms with Crippen molar-refractivity contribution < 1.29 is 4.74 Å². The smallest absolute Gasteiger partial charge is 0.185 e. The summed E-state index contributed by atoms with van der Waals surface area (Å²) in [4.78, 5) is 0. The van der Waals surface area contributed by atoms with Gasteiger partial charge in [0.25, 0.3) is 0 Å². The van der Waals surface area contributed by atoms with Gasteiger partial charge in [-0.1, -0.05) is 0 Å². The van der Waals surface area contributed by atoms with Crippen molar-refractivity contribution in [1.29, 1.82) is 0 Å². The summed E-state index contributed by atoms with van der Waals surface area (Å²) in [6.07, 6.45) is 0.792. The van der Waals surface area contributed by atoms with E-state index in [2.05, 4.69) is 38.8 Å². The van der Waals surface area contributed by atoms with Gasteiger partial charge < -0.3 is 9.30 Å². The van der Waals surface area contributed by atoms with Crippen molar-refractivity contribution >= 4 is 0 Å². The maximum absolute atomic E-state index is 5.63. The van der Waals surface area contributed by atoms with Crippen LogP contribution < -0.4 is 0 Å². The summed E-state index contributed by atoms with van der Waals surface area (Å²) in [6, 6.07) is 1.99. The van der Waals surface area contributed by atoms with Gasteiger partial charge in [-0.15, -0.1) is 10.2 Å². The normalized spacial score (nSPS) is 18.4. The van der Waals surface area contributed by atoms with Gasteiger partial charge in [-0.2, -0.15) is 5.10 Å². The van der Waals surface area contributed by atoms with E-state index in [-0.39, 0.29) is 5.54 Å². The van der Waals surface area contributed by atoms with Crippen LogP contribution in [-0.4, -0.2) is 38.2 Å². The van der Waals surface area contributed by atoms with Crippen LogP contribution in [-0.2, 0) is 16.7 Å². The molecule has 0 amide bonds. The number of hydrogen-bond acceptors (Lipinski definition) is 4. The fourth-order valence-corrected chi connectivity index (χ4v) is 2.36. The Bertz CT molecular complexity index is 569. The molecule has 0 fully saturated rings. The first kappa shape index (κ1) is 11.4. The van der Waals surface area contributed by atoms with Gasteiger partial charge in [0.1, 0.15) is 11.5 Å². The molecule has 6 heteroatoms. The topological polar surface area (TPSA) is 68.6 Å². The maximum atomic E-state index is 5.63. The summed E-state index contributed by atoms with van der Waals surface area (Å²) >= 11 is 0. The van der Waals surface area contributed by atoms with Gasteiger partial charge >= 0.3 is 0 Å². The summed E-state index contributed by atoms with van der Waals surface area (Å²) in [6.45, 7) is 7.60. The number of aromatic nitrogens is 5. The molecule has 96 valence electrons. The molecule has 3 rings (SSSR count). The minimum atomic E-state index is -0.155. The van der Waals surface area contributed by atoms with Crippen molar-refractivity contribution in [2.24, 2.45) is 0 Å². The van der Waals surface area contributed by atoms with Crippen molar-refractivity contribution in [1.82, 2.24) is 25.0 Å². The molecule has 6 nitrogen and oxygen atoms in total. The molecule has 0 unspecified atom stereocenters. The van der Waals surface area contributed by atoms with Gasteiger partial charge in [-0.25, -0.2) is 0 Å². The van der Waals surface area contributed by atoms with E-state index in [0.717, 1.165) is 29.5 Å². The minimum absolute atomic E-state index is 0.155. The average molecular weight is 247 g/mol. The van der Waals surface area contributed by atoms with Crippen molar-refractivity contribution in [3.63, 3.8) is 0 Å². The molecule has 0 spiro atoms. The molecule has 18 heavy (non-hydrogen) atoms. The Hall–Kier alpha value is -1.69. The second-order valence-electron chi connectivity index (χ2n) is 5.33. The van der Waals surface area contributed by atoms with E-state index < -0.39 is 0 Å². The number of aryl methyl sites for hydroxylation is 1. The van der Waals surface area contributed by atoms with Gasteiger partial charge in [-0.3, -0.25) is 5.10 Å². The molecule has 0 saturated heterocycles. The summed E-state index contributed by atoms with van der Waals surface area (Å²) in [5, 5.41) is 15.8. The van der Waals surface area contributed by atoms with Crippen LogP contribution in [0.25, 0.3) is 11.5 Å². The lowest BCUT2D eigenvalue weighted by atomic mass is 10.1. The number of fused-ring (bicyclic) bond motifs is 1. The number of aromatic amines is 1. The highest BCUT2D eigenvalue weighted by atomic mass is 16.5. The zero-order chi connectivity index (χ0) is 12.8. The SMILES string of the molecule is Cc1cc(-c2nnc3n2C(C)(C)COCC3)n[nH]1. The minimum Gasteiger partial charge on any atom is -0.379 e. The molecular formula is C12H17N5O. The fourth-order valence-electron chi connectivity index (χ4n) is 2.36. The number of ether oxygens (including phenoxy) is 1. The third kappa shape index (κ3) is 1.73. The largest absolute Gasteiger partial charge is 0.379 e. The Morgan fingerprint density at radius 1 is 1.39 bits per heavy atom. The molecule has 1 N–H and O–H groups in total. The Morgan fingerprint density at radius 2 is 2.22 bits per heavy atom. The third-order valence-electron chi connectivity index (χ3n) is 3.20. The Kier molecular flexibility index (Phi) is 2.48. The predicted molar refractivity (Wildman–Crippen MR) is 66.2 cm³/mol. The lowest BCUT2D eigenvalue weighted by molar-refractivity contribution is 0.0843. The van der Waals surface area contributed by atoms with Gasteiger partial charge in [-0.05, 0) is 26.8 Å². The fraction of sp³-hybridized carbons (Fsp3) is 0.583. The summed E-state index contributed by atoms with van der Waals surface area (Å²) < 4.78 is 7.78. The molecule has 3 heterocycles. The van der Waals surface area contributed by atoms with E-state index in [9.17, 15) is 0 Å². The van der Waals surface area contributed by atoms with Crippen LogP contribution >= 0.6 is 0 Å². The van der Waals surface area contributed by atoms with Gasteiger partial charge in [0.15, 0.2) is 5.82 Å². The highest BCUT2D eigenvalue weighted by Gasteiger charge is 2.31. The molecule has 0 atom stereocenters. The molecule has 1 aliphatic rings. The highest BCUT2D eigenvalue weighted by Crippen LogP contribution is 2.28. The van der Waals surface area contributed by atoms with E-state index in [4.69, 9.17) is 4.74 Å². The van der Waals surface area contributed by atoms with E-state index in [0.29, 0.717) is 13.2 Å². The van der Waals surface area contributed by atoms with Gasteiger partial charge in [0, 0.05) is 12.1 Å². The van der Waals surface area contributed by atoms with Crippen LogP contribution in [0.15, 0.2) is 6.07 Å². The van der Waals surface area contributed by atoms with Crippen molar-refractivity contribution in [2.45, 2.75) is 32.7 Å². The standard InChI is InChI=1S/C12H17N5O/c1-8-6-9(14-13-8)11-16-15-10-4-5-18-7-12(2,3)17(10)11/h6H,4-5,7H2,1-3H3,(H,13,14). The number of rotatable bonds is 1. The van der Waals surface area contributed by atoms with E-state index in [1.807, 2.05) is 13.0 Å². The van der Waals surface area contributed by atoms with Gasteiger partial charge in [0.2, 0.25) is 0 Å². The van der Waals surface area contributed by atoms with Crippen LogP contribution in [0.2, 0.25) is 0 Å². The second kappa shape index (κ2) is 3.91. The lowest BCUT2D eigenvalue weighted by Gasteiger charge is -2.26. The Morgan fingerprint density at radius 3 is 2.94 bits per heavy atom. The maximum Gasteiger partial charge on any atom is 0.185 e. The molecule has 0 aromatic carbocycles. The molecule has 0 bridgehead atoms. The first-order valence-electron chi connectivity index (χ1n) is 6.13. The Balaban J connectivity index is 2.15. The zero-order valence-corrected chi connectivity index (χ0v) is 10.9. The highest BCUT2D eigenvalue weighted by molar-refractivity contribution is 5.50. The van der Waals surface area contributed by atoms with E-state index in [1.54, 1.807) is 0 Å². The monoisotopic (exact) mass is 247 g/mol. The molecule has 2 aromatic rings. The van der Waals surface area contributed by atoms with Crippen LogP contribution in [0.5, 0.6) is 0 Å². The van der Waals surface area contributed by atoms with Crippen LogP contribution in [0.1, 0.15) is 25.4 Å². The zero-order valence-electron chi connectivity index (χ0n) is 10.9. The number of nitrogens with one attached hydrogen (secondary N) is 1. The molecule has 0 saturated carbocycles. The molecule has 0 aliphatic carbocycles. The lowest BCUT2D eigenvalue weighted by Crippen LogP contribution is -2.32. The van der Waals surface area contributed by atoms with Crippen LogP contribution in [0, 0.1) is 6.92 Å². The quantitative estimate of drug-likeness (QED) is 0.824. The summed E-state index contributed by atoms with van der Waals surface area (Å²) in [5.74, 6) is 1.78. The molecule has 2 aromatic heterocycles. The molecule has 0 radical (unpaired) electrons. The Labute approximate surface area is 105 Å². The number of H-pyrrole nitrogens is 1. The summed E-state index contributed by atoms with van der Waals surface area (Å²) in [5.41, 5.74) is 1.70.